The van der Waals surface area contributed by atoms with Crippen molar-refractivity contribution in [3.8, 4) is 0 Å². The molecule has 23 heavy (non-hydrogen) atoms. The van der Waals surface area contributed by atoms with E-state index in [0.29, 0.717) is 6.04 Å². The molecule has 2 saturated heterocycles. The lowest BCUT2D eigenvalue weighted by molar-refractivity contribution is 0.336. The first-order valence-electron chi connectivity index (χ1n) is 8.27. The van der Waals surface area contributed by atoms with Crippen molar-refractivity contribution in [3.63, 3.8) is 0 Å². The fraction of sp³-hybridized carbons (Fsp3) is 0.562. The highest BCUT2D eigenvalue weighted by Gasteiger charge is 2.29. The van der Waals surface area contributed by atoms with Gasteiger partial charge in [-0.25, -0.2) is 4.79 Å². The lowest BCUT2D eigenvalue weighted by Gasteiger charge is -2.41. The first-order chi connectivity index (χ1) is 11.2. The van der Waals surface area contributed by atoms with Gasteiger partial charge in [0.1, 0.15) is 6.17 Å². The van der Waals surface area contributed by atoms with Gasteiger partial charge in [-0.1, -0.05) is 6.07 Å². The Morgan fingerprint density at radius 1 is 1.26 bits per heavy atom. The van der Waals surface area contributed by atoms with Crippen LogP contribution in [0.5, 0.6) is 0 Å². The van der Waals surface area contributed by atoms with Crippen LogP contribution in [0, 0.1) is 0 Å². The van der Waals surface area contributed by atoms with Crippen LogP contribution in [-0.4, -0.2) is 54.9 Å². The van der Waals surface area contributed by atoms with Gasteiger partial charge in [0.05, 0.1) is 16.7 Å². The summed E-state index contributed by atoms with van der Waals surface area (Å²) < 4.78 is 3.67. The third-order valence-electron chi connectivity index (χ3n) is 5.04. The van der Waals surface area contributed by atoms with E-state index in [-0.39, 0.29) is 11.9 Å². The highest BCUT2D eigenvalue weighted by Crippen LogP contribution is 2.30. The molecule has 0 saturated carbocycles. The lowest BCUT2D eigenvalue weighted by Crippen LogP contribution is -2.57. The summed E-state index contributed by atoms with van der Waals surface area (Å²) in [6.45, 7) is 4.56. The second-order valence-electron chi connectivity index (χ2n) is 6.42. The van der Waals surface area contributed by atoms with Gasteiger partial charge in [0.15, 0.2) is 0 Å². The molecular weight excluding hydrogens is 292 g/mol. The maximum atomic E-state index is 12.8. The second kappa shape index (κ2) is 5.67. The van der Waals surface area contributed by atoms with E-state index < -0.39 is 0 Å². The van der Waals surface area contributed by atoms with E-state index in [2.05, 4.69) is 33.0 Å². The van der Waals surface area contributed by atoms with Crippen molar-refractivity contribution >= 4 is 16.7 Å². The fourth-order valence-electron chi connectivity index (χ4n) is 3.65. The summed E-state index contributed by atoms with van der Waals surface area (Å²) in [6.07, 6.45) is 0.0108. The topological polar surface area (TPSA) is 66.3 Å². The molecule has 0 aliphatic carbocycles. The summed E-state index contributed by atoms with van der Waals surface area (Å²) in [4.78, 5) is 15.1. The number of nitrogens with one attached hydrogen (secondary N) is 3. The molecule has 1 aromatic heterocycles. The Labute approximate surface area is 135 Å². The minimum Gasteiger partial charge on any atom is -0.367 e. The van der Waals surface area contributed by atoms with Crippen LogP contribution in [0.25, 0.3) is 11.0 Å². The molecule has 2 aliphatic rings. The van der Waals surface area contributed by atoms with Crippen LogP contribution in [0.2, 0.25) is 0 Å². The zero-order valence-electron chi connectivity index (χ0n) is 13.7. The molecular formula is C16H24N6O. The van der Waals surface area contributed by atoms with Gasteiger partial charge in [-0.3, -0.25) is 14.5 Å². The molecule has 3 heterocycles. The van der Waals surface area contributed by atoms with Gasteiger partial charge in [-0.05, 0) is 19.2 Å². The molecule has 2 aromatic rings. The summed E-state index contributed by atoms with van der Waals surface area (Å²) >= 11 is 0. The van der Waals surface area contributed by atoms with Crippen molar-refractivity contribution in [1.29, 1.82) is 0 Å². The van der Waals surface area contributed by atoms with Gasteiger partial charge >= 0.3 is 5.69 Å². The molecule has 7 nitrogen and oxygen atoms in total. The van der Waals surface area contributed by atoms with Crippen LogP contribution in [-0.2, 0) is 7.05 Å². The largest absolute Gasteiger partial charge is 0.367 e. The summed E-state index contributed by atoms with van der Waals surface area (Å²) in [6, 6.07) is 6.75. The molecule has 4 rings (SSSR count). The number of benzene rings is 1. The Morgan fingerprint density at radius 3 is 2.78 bits per heavy atom. The molecule has 3 N–H and O–H groups in total. The average Bonchev–Trinajstić information content (AvgIpc) is 2.79. The van der Waals surface area contributed by atoms with Crippen molar-refractivity contribution in [3.05, 3.63) is 28.7 Å². The number of hydrogen-bond donors (Lipinski definition) is 3. The first-order valence-corrected chi connectivity index (χ1v) is 8.27. The summed E-state index contributed by atoms with van der Waals surface area (Å²) in [5.74, 6) is 0. The third kappa shape index (κ3) is 2.27. The Balaban J connectivity index is 1.80. The number of aromatic nitrogens is 2. The number of aryl methyl sites for hydroxylation is 1. The van der Waals surface area contributed by atoms with E-state index >= 15 is 0 Å². The number of likely N-dealkylation sites (N-methyl/N-ethyl adjacent to an activating group) is 1. The van der Waals surface area contributed by atoms with Crippen molar-refractivity contribution in [1.82, 2.24) is 25.1 Å². The summed E-state index contributed by atoms with van der Waals surface area (Å²) in [5.41, 5.74) is 3.22. The number of piperazine rings is 1. The van der Waals surface area contributed by atoms with Gasteiger partial charge in [0, 0.05) is 45.8 Å². The van der Waals surface area contributed by atoms with E-state index in [1.165, 1.54) is 0 Å². The molecule has 1 atom stereocenters. The number of anilines is 1. The predicted molar refractivity (Wildman–Crippen MR) is 92.1 cm³/mol. The first kappa shape index (κ1) is 14.7. The molecule has 2 fully saturated rings. The average molecular weight is 316 g/mol. The fourth-order valence-corrected chi connectivity index (χ4v) is 3.65. The van der Waals surface area contributed by atoms with Crippen molar-refractivity contribution < 1.29 is 0 Å². The number of fused-ring (bicyclic) bond motifs is 1. The number of nitrogens with zero attached hydrogens (tertiary/aromatic N) is 3. The lowest BCUT2D eigenvalue weighted by atomic mass is 10.1. The standard InChI is InChI=1S/C16H24N6O/c1-17-11-9-21(10-11)12-4-3-5-13-15(12)20(2)16(23)22(13)14-8-18-6-7-19-14/h3-5,11,14,17-19H,6-10H2,1-2H3. The maximum absolute atomic E-state index is 12.8. The van der Waals surface area contributed by atoms with Crippen molar-refractivity contribution in [2.45, 2.75) is 12.2 Å². The van der Waals surface area contributed by atoms with Crippen LogP contribution in [0.15, 0.2) is 23.0 Å². The van der Waals surface area contributed by atoms with Crippen LogP contribution >= 0.6 is 0 Å². The number of rotatable bonds is 3. The summed E-state index contributed by atoms with van der Waals surface area (Å²) in [5, 5.41) is 10.1. The highest BCUT2D eigenvalue weighted by molar-refractivity contribution is 5.90. The van der Waals surface area contributed by atoms with E-state index in [4.69, 9.17) is 0 Å². The molecule has 1 aromatic carbocycles. The van der Waals surface area contributed by atoms with Crippen molar-refractivity contribution in [2.75, 3.05) is 44.7 Å². The molecule has 124 valence electrons. The SMILES string of the molecule is CNC1CN(c2cccc3c2n(C)c(=O)n3C2CNCCN2)C1. The zero-order chi connectivity index (χ0) is 16.0. The summed E-state index contributed by atoms with van der Waals surface area (Å²) in [7, 11) is 3.87. The van der Waals surface area contributed by atoms with Gasteiger partial charge < -0.3 is 15.5 Å². The minimum atomic E-state index is 0.0108. The predicted octanol–water partition coefficient (Wildman–Crippen LogP) is -0.561. The van der Waals surface area contributed by atoms with Crippen LogP contribution < -0.4 is 26.5 Å². The number of hydrogen-bond acceptors (Lipinski definition) is 5. The maximum Gasteiger partial charge on any atom is 0.330 e. The highest BCUT2D eigenvalue weighted by atomic mass is 16.1. The van der Waals surface area contributed by atoms with Gasteiger partial charge in [-0.2, -0.15) is 0 Å². The number of para-hydroxylation sites is 1. The Hall–Kier alpha value is -1.83. The molecule has 0 amide bonds. The van der Waals surface area contributed by atoms with Gasteiger partial charge in [0.25, 0.3) is 0 Å². The monoisotopic (exact) mass is 316 g/mol. The van der Waals surface area contributed by atoms with Gasteiger partial charge in [-0.15, -0.1) is 0 Å². The molecule has 0 bridgehead atoms. The minimum absolute atomic E-state index is 0.0108. The van der Waals surface area contributed by atoms with E-state index in [0.717, 1.165) is 49.4 Å². The molecule has 2 aliphatic heterocycles. The zero-order valence-corrected chi connectivity index (χ0v) is 13.7. The Bertz CT molecular complexity index is 767. The van der Waals surface area contributed by atoms with Crippen molar-refractivity contribution in [2.24, 2.45) is 7.05 Å². The smallest absolute Gasteiger partial charge is 0.330 e. The normalized spacial score (nSPS) is 22.5. The van der Waals surface area contributed by atoms with Gasteiger partial charge in [0.2, 0.25) is 0 Å². The Kier molecular flexibility index (Phi) is 3.63. The van der Waals surface area contributed by atoms with Crippen LogP contribution in [0.4, 0.5) is 5.69 Å². The van der Waals surface area contributed by atoms with Crippen LogP contribution in [0.3, 0.4) is 0 Å². The van der Waals surface area contributed by atoms with E-state index in [1.807, 2.05) is 24.7 Å². The third-order valence-corrected chi connectivity index (χ3v) is 5.04. The molecule has 1 unspecified atom stereocenters. The van der Waals surface area contributed by atoms with E-state index in [9.17, 15) is 4.79 Å². The second-order valence-corrected chi connectivity index (χ2v) is 6.42. The number of imidazole rings is 1. The molecule has 7 heteroatoms. The molecule has 0 radical (unpaired) electrons. The Morgan fingerprint density at radius 2 is 2.09 bits per heavy atom. The van der Waals surface area contributed by atoms with E-state index in [1.54, 1.807) is 4.57 Å². The quantitative estimate of drug-likeness (QED) is 0.708. The van der Waals surface area contributed by atoms with Crippen LogP contribution in [0.1, 0.15) is 6.17 Å². The molecule has 0 spiro atoms.